The zero-order valence-corrected chi connectivity index (χ0v) is 9.66. The van der Waals surface area contributed by atoms with Crippen LogP contribution in [0.4, 0.5) is 0 Å². The third-order valence-electron chi connectivity index (χ3n) is 3.22. The van der Waals surface area contributed by atoms with Crippen LogP contribution in [0.5, 0.6) is 0 Å². The van der Waals surface area contributed by atoms with Crippen LogP contribution < -0.4 is 5.56 Å². The van der Waals surface area contributed by atoms with Crippen molar-refractivity contribution in [3.05, 3.63) is 33.7 Å². The maximum atomic E-state index is 11.8. The Kier molecular flexibility index (Phi) is 2.65. The van der Waals surface area contributed by atoms with Gasteiger partial charge in [-0.3, -0.25) is 9.69 Å². The molecule has 0 fully saturated rings. The van der Waals surface area contributed by atoms with E-state index in [0.29, 0.717) is 6.04 Å². The zero-order chi connectivity index (χ0) is 11.0. The molecule has 1 aliphatic heterocycles. The van der Waals surface area contributed by atoms with Crippen molar-refractivity contribution in [1.29, 1.82) is 0 Å². The smallest absolute Gasteiger partial charge is 0.253 e. The molecule has 0 bridgehead atoms. The van der Waals surface area contributed by atoms with E-state index in [4.69, 9.17) is 0 Å². The van der Waals surface area contributed by atoms with Crippen LogP contribution >= 0.6 is 0 Å². The molecule has 2 heterocycles. The topological polar surface area (TPSA) is 25.2 Å². The lowest BCUT2D eigenvalue weighted by atomic mass is 10.0. The van der Waals surface area contributed by atoms with Gasteiger partial charge in [-0.05, 0) is 31.9 Å². The summed E-state index contributed by atoms with van der Waals surface area (Å²) in [5, 5.41) is 0. The molecule has 0 aromatic carbocycles. The van der Waals surface area contributed by atoms with Gasteiger partial charge in [-0.15, -0.1) is 0 Å². The molecule has 0 amide bonds. The van der Waals surface area contributed by atoms with Crippen LogP contribution in [0.2, 0.25) is 0 Å². The summed E-state index contributed by atoms with van der Waals surface area (Å²) >= 11 is 0. The van der Waals surface area contributed by atoms with Crippen LogP contribution in [0.15, 0.2) is 17.1 Å². The van der Waals surface area contributed by atoms with Gasteiger partial charge >= 0.3 is 0 Å². The van der Waals surface area contributed by atoms with Gasteiger partial charge in [-0.1, -0.05) is 0 Å². The monoisotopic (exact) mass is 206 g/mol. The molecule has 1 aromatic rings. The Balaban J connectivity index is 2.37. The van der Waals surface area contributed by atoms with Gasteiger partial charge in [0.2, 0.25) is 0 Å². The standard InChI is InChI=1S/C12H18N2O/c1-9(2)14-7-5-11-10(8-14)4-6-13(3)12(11)15/h4,6,9H,5,7-8H2,1-3H3. The van der Waals surface area contributed by atoms with Crippen molar-refractivity contribution >= 4 is 0 Å². The van der Waals surface area contributed by atoms with Crippen molar-refractivity contribution in [3.63, 3.8) is 0 Å². The molecule has 0 spiro atoms. The fourth-order valence-electron chi connectivity index (χ4n) is 2.13. The van der Waals surface area contributed by atoms with E-state index >= 15 is 0 Å². The number of aryl methyl sites for hydroxylation is 1. The van der Waals surface area contributed by atoms with Crippen molar-refractivity contribution in [2.75, 3.05) is 6.54 Å². The van der Waals surface area contributed by atoms with Crippen LogP contribution in [-0.4, -0.2) is 22.1 Å². The average molecular weight is 206 g/mol. The molecule has 3 heteroatoms. The fourth-order valence-corrected chi connectivity index (χ4v) is 2.13. The molecule has 82 valence electrons. The summed E-state index contributed by atoms with van der Waals surface area (Å²) in [5.74, 6) is 0. The Morgan fingerprint density at radius 1 is 1.40 bits per heavy atom. The van der Waals surface area contributed by atoms with Gasteiger partial charge in [-0.2, -0.15) is 0 Å². The Hall–Kier alpha value is -1.09. The Bertz CT molecular complexity index is 420. The number of rotatable bonds is 1. The van der Waals surface area contributed by atoms with Crippen LogP contribution in [-0.2, 0) is 20.0 Å². The lowest BCUT2D eigenvalue weighted by Gasteiger charge is -2.31. The summed E-state index contributed by atoms with van der Waals surface area (Å²) in [5.41, 5.74) is 2.39. The van der Waals surface area contributed by atoms with Crippen LogP contribution in [0, 0.1) is 0 Å². The van der Waals surface area contributed by atoms with Crippen molar-refractivity contribution in [2.45, 2.75) is 32.9 Å². The lowest BCUT2D eigenvalue weighted by molar-refractivity contribution is 0.202. The van der Waals surface area contributed by atoms with Crippen LogP contribution in [0.25, 0.3) is 0 Å². The first-order chi connectivity index (χ1) is 7.09. The minimum absolute atomic E-state index is 0.177. The van der Waals surface area contributed by atoms with Crippen molar-refractivity contribution in [3.8, 4) is 0 Å². The Labute approximate surface area is 90.3 Å². The first kappa shape index (κ1) is 10.4. The highest BCUT2D eigenvalue weighted by atomic mass is 16.1. The van der Waals surface area contributed by atoms with Gasteiger partial charge in [0.05, 0.1) is 0 Å². The van der Waals surface area contributed by atoms with Gasteiger partial charge in [0.25, 0.3) is 5.56 Å². The van der Waals surface area contributed by atoms with Crippen molar-refractivity contribution < 1.29 is 0 Å². The molecule has 0 saturated heterocycles. The molecule has 1 aromatic heterocycles. The summed E-state index contributed by atoms with van der Waals surface area (Å²) in [7, 11) is 1.82. The first-order valence-electron chi connectivity index (χ1n) is 5.51. The normalized spacial score (nSPS) is 16.8. The molecular weight excluding hydrogens is 188 g/mol. The summed E-state index contributed by atoms with van der Waals surface area (Å²) in [6.45, 7) is 6.32. The highest BCUT2D eigenvalue weighted by Gasteiger charge is 2.20. The van der Waals surface area contributed by atoms with Gasteiger partial charge in [0, 0.05) is 37.9 Å². The summed E-state index contributed by atoms with van der Waals surface area (Å²) in [6, 6.07) is 2.63. The van der Waals surface area contributed by atoms with Gasteiger partial charge in [-0.25, -0.2) is 0 Å². The third-order valence-corrected chi connectivity index (χ3v) is 3.22. The largest absolute Gasteiger partial charge is 0.318 e. The van der Waals surface area contributed by atoms with E-state index in [0.717, 1.165) is 25.1 Å². The second-order valence-corrected chi connectivity index (χ2v) is 4.55. The molecule has 15 heavy (non-hydrogen) atoms. The predicted octanol–water partition coefficient (Wildman–Crippen LogP) is 1.15. The molecule has 0 N–H and O–H groups in total. The van der Waals surface area contributed by atoms with Crippen molar-refractivity contribution in [1.82, 2.24) is 9.47 Å². The second-order valence-electron chi connectivity index (χ2n) is 4.55. The summed E-state index contributed by atoms with van der Waals surface area (Å²) in [4.78, 5) is 14.2. The molecule has 2 rings (SSSR count). The fraction of sp³-hybridized carbons (Fsp3) is 0.583. The van der Waals surface area contributed by atoms with Crippen LogP contribution in [0.1, 0.15) is 25.0 Å². The van der Waals surface area contributed by atoms with Crippen LogP contribution in [0.3, 0.4) is 0 Å². The van der Waals surface area contributed by atoms with E-state index in [9.17, 15) is 4.79 Å². The minimum Gasteiger partial charge on any atom is -0.318 e. The predicted molar refractivity (Wildman–Crippen MR) is 60.9 cm³/mol. The van der Waals surface area contributed by atoms with E-state index in [2.05, 4.69) is 24.8 Å². The molecule has 0 atom stereocenters. The number of hydrogen-bond acceptors (Lipinski definition) is 2. The SMILES string of the molecule is CC(C)N1CCc2c(ccn(C)c2=O)C1. The van der Waals surface area contributed by atoms with E-state index < -0.39 is 0 Å². The number of pyridine rings is 1. The highest BCUT2D eigenvalue weighted by Crippen LogP contribution is 2.17. The van der Waals surface area contributed by atoms with Gasteiger partial charge in [0.1, 0.15) is 0 Å². The minimum atomic E-state index is 0.177. The third kappa shape index (κ3) is 1.84. The molecule has 1 aliphatic rings. The molecule has 3 nitrogen and oxygen atoms in total. The van der Waals surface area contributed by atoms with E-state index in [-0.39, 0.29) is 5.56 Å². The number of fused-ring (bicyclic) bond motifs is 1. The van der Waals surface area contributed by atoms with Gasteiger partial charge < -0.3 is 4.57 Å². The summed E-state index contributed by atoms with van der Waals surface area (Å²) < 4.78 is 1.67. The highest BCUT2D eigenvalue weighted by molar-refractivity contribution is 5.26. The average Bonchev–Trinajstić information content (AvgIpc) is 2.23. The lowest BCUT2D eigenvalue weighted by Crippen LogP contribution is -2.39. The van der Waals surface area contributed by atoms with Crippen molar-refractivity contribution in [2.24, 2.45) is 7.05 Å². The summed E-state index contributed by atoms with van der Waals surface area (Å²) in [6.07, 6.45) is 2.76. The molecule has 0 unspecified atom stereocenters. The molecular formula is C12H18N2O. The maximum absolute atomic E-state index is 11.8. The zero-order valence-electron chi connectivity index (χ0n) is 9.66. The number of aromatic nitrogens is 1. The Morgan fingerprint density at radius 3 is 2.80 bits per heavy atom. The quantitative estimate of drug-likeness (QED) is 0.688. The van der Waals surface area contributed by atoms with E-state index in [1.165, 1.54) is 5.56 Å². The molecule has 0 radical (unpaired) electrons. The van der Waals surface area contributed by atoms with Gasteiger partial charge in [0.15, 0.2) is 0 Å². The molecule has 0 aliphatic carbocycles. The second kappa shape index (κ2) is 3.81. The maximum Gasteiger partial charge on any atom is 0.253 e. The van der Waals surface area contributed by atoms with E-state index in [1.54, 1.807) is 4.57 Å². The number of nitrogens with zero attached hydrogens (tertiary/aromatic N) is 2. The first-order valence-corrected chi connectivity index (χ1v) is 5.51. The number of hydrogen-bond donors (Lipinski definition) is 0. The van der Waals surface area contributed by atoms with E-state index in [1.807, 2.05) is 13.2 Å². The molecule has 0 saturated carbocycles. The Morgan fingerprint density at radius 2 is 2.13 bits per heavy atom.